The number of hydrogen-bond donors (Lipinski definition) is 0. The SMILES string of the molecule is Cc1cc(-c2cc(N3CCN(c4ncccc4C(F)(F)F)CC3)nc(N3CCC3(C)C)n2)ccc1F. The molecule has 1 aromatic carbocycles. The third kappa shape index (κ3) is 4.56. The van der Waals surface area contributed by atoms with Crippen LogP contribution in [0.1, 0.15) is 31.4 Å². The summed E-state index contributed by atoms with van der Waals surface area (Å²) in [6, 6.07) is 9.16. The minimum atomic E-state index is -4.46. The molecule has 0 spiro atoms. The van der Waals surface area contributed by atoms with E-state index >= 15 is 0 Å². The second kappa shape index (κ2) is 8.90. The van der Waals surface area contributed by atoms with Crippen molar-refractivity contribution in [3.63, 3.8) is 0 Å². The molecule has 10 heteroatoms. The molecule has 0 unspecified atom stereocenters. The molecule has 4 heterocycles. The second-order valence-electron chi connectivity index (χ2n) is 9.94. The predicted molar refractivity (Wildman–Crippen MR) is 132 cm³/mol. The highest BCUT2D eigenvalue weighted by molar-refractivity contribution is 5.66. The average Bonchev–Trinajstić information content (AvgIpc) is 2.84. The van der Waals surface area contributed by atoms with Crippen LogP contribution in [-0.4, -0.2) is 53.2 Å². The maximum absolute atomic E-state index is 13.9. The van der Waals surface area contributed by atoms with Crippen molar-refractivity contribution in [1.82, 2.24) is 15.0 Å². The summed E-state index contributed by atoms with van der Waals surface area (Å²) in [6.45, 7) is 8.54. The van der Waals surface area contributed by atoms with Crippen LogP contribution < -0.4 is 14.7 Å². The zero-order valence-corrected chi connectivity index (χ0v) is 20.5. The van der Waals surface area contributed by atoms with Gasteiger partial charge in [0.1, 0.15) is 17.5 Å². The van der Waals surface area contributed by atoms with E-state index in [1.807, 2.05) is 6.07 Å². The monoisotopic (exact) mass is 500 g/mol. The Balaban J connectivity index is 1.44. The molecule has 6 nitrogen and oxygen atoms in total. The van der Waals surface area contributed by atoms with Gasteiger partial charge in [-0.05, 0) is 63.1 Å². The van der Waals surface area contributed by atoms with Crippen molar-refractivity contribution < 1.29 is 17.6 Å². The molecular formula is C26H28F4N6. The van der Waals surface area contributed by atoms with Crippen LogP contribution in [0, 0.1) is 12.7 Å². The van der Waals surface area contributed by atoms with Gasteiger partial charge in [0.2, 0.25) is 5.95 Å². The molecule has 0 N–H and O–H groups in total. The Bertz CT molecular complexity index is 1270. The van der Waals surface area contributed by atoms with Gasteiger partial charge in [-0.1, -0.05) is 0 Å². The van der Waals surface area contributed by atoms with E-state index in [1.54, 1.807) is 24.0 Å². The number of piperazine rings is 1. The van der Waals surface area contributed by atoms with Gasteiger partial charge in [0.05, 0.1) is 11.3 Å². The lowest BCUT2D eigenvalue weighted by Gasteiger charge is -2.48. The summed E-state index contributed by atoms with van der Waals surface area (Å²) >= 11 is 0. The third-order valence-electron chi connectivity index (χ3n) is 7.07. The molecule has 0 aliphatic carbocycles. The standard InChI is InChI=1S/C26H28F4N6/c1-17-15-18(6-7-20(17)27)21-16-22(33-24(32-21)36-10-8-25(36,2)3)34-11-13-35(14-12-34)23-19(26(28,29)30)5-4-9-31-23/h4-7,9,15-16H,8,10-14H2,1-3H3. The van der Waals surface area contributed by atoms with Crippen molar-refractivity contribution in [3.8, 4) is 11.3 Å². The molecule has 3 aromatic rings. The van der Waals surface area contributed by atoms with Gasteiger partial charge in [-0.3, -0.25) is 0 Å². The van der Waals surface area contributed by atoms with Crippen LogP contribution in [0.5, 0.6) is 0 Å². The quantitative estimate of drug-likeness (QED) is 0.452. The minimum Gasteiger partial charge on any atom is -0.353 e. The molecule has 0 amide bonds. The highest BCUT2D eigenvalue weighted by atomic mass is 19.4. The van der Waals surface area contributed by atoms with Gasteiger partial charge in [0, 0.05) is 56.1 Å². The number of alkyl halides is 3. The molecule has 2 fully saturated rings. The number of benzene rings is 1. The third-order valence-corrected chi connectivity index (χ3v) is 7.07. The summed E-state index contributed by atoms with van der Waals surface area (Å²) in [5.74, 6) is 0.988. The molecular weight excluding hydrogens is 472 g/mol. The summed E-state index contributed by atoms with van der Waals surface area (Å²) in [7, 11) is 0. The average molecular weight is 501 g/mol. The molecule has 0 bridgehead atoms. The van der Waals surface area contributed by atoms with E-state index in [1.165, 1.54) is 18.3 Å². The van der Waals surface area contributed by atoms with Crippen molar-refractivity contribution in [3.05, 3.63) is 59.5 Å². The van der Waals surface area contributed by atoms with E-state index in [-0.39, 0.29) is 17.2 Å². The van der Waals surface area contributed by atoms with Crippen LogP contribution in [0.4, 0.5) is 35.1 Å². The fourth-order valence-corrected chi connectivity index (χ4v) is 4.72. The Morgan fingerprint density at radius 1 is 0.917 bits per heavy atom. The normalized spacial score (nSPS) is 17.8. The van der Waals surface area contributed by atoms with E-state index in [0.717, 1.165) is 24.6 Å². The summed E-state index contributed by atoms with van der Waals surface area (Å²) in [5.41, 5.74) is 1.21. The lowest BCUT2D eigenvalue weighted by molar-refractivity contribution is -0.137. The van der Waals surface area contributed by atoms with Gasteiger partial charge >= 0.3 is 6.18 Å². The second-order valence-corrected chi connectivity index (χ2v) is 9.94. The fraction of sp³-hybridized carbons (Fsp3) is 0.423. The van der Waals surface area contributed by atoms with Crippen LogP contribution in [0.25, 0.3) is 11.3 Å². The first-order chi connectivity index (χ1) is 17.0. The molecule has 2 aromatic heterocycles. The summed E-state index contributed by atoms with van der Waals surface area (Å²) < 4.78 is 54.4. The smallest absolute Gasteiger partial charge is 0.353 e. The van der Waals surface area contributed by atoms with Crippen LogP contribution in [0.2, 0.25) is 0 Å². The molecule has 2 saturated heterocycles. The number of nitrogens with zero attached hydrogens (tertiary/aromatic N) is 6. The molecule has 36 heavy (non-hydrogen) atoms. The Morgan fingerprint density at radius 2 is 1.64 bits per heavy atom. The van der Waals surface area contributed by atoms with Crippen LogP contribution in [-0.2, 0) is 6.18 Å². The van der Waals surface area contributed by atoms with E-state index in [0.29, 0.717) is 49.2 Å². The van der Waals surface area contributed by atoms with E-state index in [9.17, 15) is 17.6 Å². The maximum Gasteiger partial charge on any atom is 0.419 e. The van der Waals surface area contributed by atoms with E-state index < -0.39 is 11.7 Å². The van der Waals surface area contributed by atoms with Crippen molar-refractivity contribution >= 4 is 17.6 Å². The summed E-state index contributed by atoms with van der Waals surface area (Å²) in [4.78, 5) is 19.6. The van der Waals surface area contributed by atoms with Gasteiger partial charge in [-0.25, -0.2) is 14.4 Å². The van der Waals surface area contributed by atoms with Crippen molar-refractivity contribution in [2.75, 3.05) is 47.4 Å². The Morgan fingerprint density at radius 3 is 2.25 bits per heavy atom. The summed E-state index contributed by atoms with van der Waals surface area (Å²) in [6.07, 6.45) is -2.05. The Kier molecular flexibility index (Phi) is 6.00. The zero-order valence-electron chi connectivity index (χ0n) is 20.5. The van der Waals surface area contributed by atoms with Crippen molar-refractivity contribution in [1.29, 1.82) is 0 Å². The highest BCUT2D eigenvalue weighted by Crippen LogP contribution is 2.37. The minimum absolute atomic E-state index is 0.0437. The number of halogens is 4. The summed E-state index contributed by atoms with van der Waals surface area (Å²) in [5, 5.41) is 0. The highest BCUT2D eigenvalue weighted by Gasteiger charge is 2.39. The first-order valence-electron chi connectivity index (χ1n) is 12.0. The molecule has 190 valence electrons. The maximum atomic E-state index is 13.9. The lowest BCUT2D eigenvalue weighted by atomic mass is 9.89. The number of aryl methyl sites for hydroxylation is 1. The Hall–Kier alpha value is -3.43. The van der Waals surface area contributed by atoms with Gasteiger partial charge in [0.25, 0.3) is 0 Å². The number of anilines is 3. The number of aromatic nitrogens is 3. The van der Waals surface area contributed by atoms with Gasteiger partial charge in [-0.15, -0.1) is 0 Å². The van der Waals surface area contributed by atoms with E-state index in [4.69, 9.17) is 9.97 Å². The van der Waals surface area contributed by atoms with Crippen molar-refractivity contribution in [2.45, 2.75) is 38.9 Å². The molecule has 0 radical (unpaired) electrons. The molecule has 0 saturated carbocycles. The van der Waals surface area contributed by atoms with Crippen molar-refractivity contribution in [2.24, 2.45) is 0 Å². The Labute approximate surface area is 207 Å². The first kappa shape index (κ1) is 24.3. The molecule has 5 rings (SSSR count). The first-order valence-corrected chi connectivity index (χ1v) is 12.0. The van der Waals surface area contributed by atoms with Crippen LogP contribution >= 0.6 is 0 Å². The van der Waals surface area contributed by atoms with Crippen LogP contribution in [0.15, 0.2) is 42.6 Å². The molecule has 0 atom stereocenters. The van der Waals surface area contributed by atoms with E-state index in [2.05, 4.69) is 28.6 Å². The van der Waals surface area contributed by atoms with Gasteiger partial charge < -0.3 is 14.7 Å². The number of hydrogen-bond acceptors (Lipinski definition) is 6. The number of rotatable bonds is 4. The zero-order chi connectivity index (χ0) is 25.7. The fourth-order valence-electron chi connectivity index (χ4n) is 4.72. The largest absolute Gasteiger partial charge is 0.419 e. The van der Waals surface area contributed by atoms with Crippen LogP contribution in [0.3, 0.4) is 0 Å². The topological polar surface area (TPSA) is 48.4 Å². The predicted octanol–water partition coefficient (Wildman–Crippen LogP) is 5.32. The van der Waals surface area contributed by atoms with Gasteiger partial charge in [-0.2, -0.15) is 18.2 Å². The molecule has 2 aliphatic rings. The van der Waals surface area contributed by atoms with Gasteiger partial charge in [0.15, 0.2) is 0 Å². The lowest BCUT2D eigenvalue weighted by Crippen LogP contribution is -2.57. The molecule has 2 aliphatic heterocycles. The number of pyridine rings is 1.